The normalized spacial score (nSPS) is 21.0. The van der Waals surface area contributed by atoms with Crippen molar-refractivity contribution in [2.45, 2.75) is 23.3 Å². The zero-order valence-corrected chi connectivity index (χ0v) is 14.3. The first-order chi connectivity index (χ1) is 11.8. The van der Waals surface area contributed by atoms with Gasteiger partial charge in [0.05, 0.1) is 19.4 Å². The first kappa shape index (κ1) is 21.9. The van der Waals surface area contributed by atoms with E-state index in [2.05, 4.69) is 9.57 Å². The summed E-state index contributed by atoms with van der Waals surface area (Å²) in [6, 6.07) is 0. The number of nitrogens with zero attached hydrogens (tertiary/aromatic N) is 1. The molecule has 1 rings (SSSR count). The zero-order chi connectivity index (χ0) is 20.3. The Morgan fingerprint density at radius 2 is 1.35 bits per heavy atom. The highest BCUT2D eigenvalue weighted by molar-refractivity contribution is 7.91. The zero-order valence-electron chi connectivity index (χ0n) is 12.7. The summed E-state index contributed by atoms with van der Waals surface area (Å²) in [6.45, 7) is -0.815. The molecule has 2 atom stereocenters. The number of carbonyl (C=O) groups is 4. The second-order valence-electron chi connectivity index (χ2n) is 4.75. The number of hydrogen-bond donors (Lipinski definition) is 3. The maximum absolute atomic E-state index is 11.8. The van der Waals surface area contributed by atoms with Crippen LogP contribution in [0.5, 0.6) is 0 Å². The van der Waals surface area contributed by atoms with E-state index in [-0.39, 0.29) is 6.61 Å². The van der Waals surface area contributed by atoms with Gasteiger partial charge in [0.1, 0.15) is 6.61 Å². The van der Waals surface area contributed by atoms with Crippen molar-refractivity contribution in [2.24, 2.45) is 0 Å². The number of imide groups is 1. The summed E-state index contributed by atoms with van der Waals surface area (Å²) >= 11 is 0. The molecule has 3 N–H and O–H groups in total. The van der Waals surface area contributed by atoms with Crippen LogP contribution in [0, 0.1) is 0 Å². The molecule has 0 aliphatic carbocycles. The number of hydroxylamine groups is 2. The number of carbonyl (C=O) groups excluding carboxylic acids is 4. The standard InChI is InChI=1S/C10H13NO13S2/c12-3-4-23-5(13)1-2-6(14)24-11-9(15)7(25(17,18)19)8(10(11)16)26(20,21)22/h7-8,12H,1-4H2,(H,17,18,19)(H,20,21,22). The number of amides is 2. The Morgan fingerprint density at radius 1 is 0.923 bits per heavy atom. The first-order valence-electron chi connectivity index (χ1n) is 6.58. The third kappa shape index (κ3) is 5.18. The molecule has 14 nitrogen and oxygen atoms in total. The lowest BCUT2D eigenvalue weighted by atomic mass is 10.3. The lowest BCUT2D eigenvalue weighted by Crippen LogP contribution is -2.41. The topological polar surface area (TPSA) is 219 Å². The van der Waals surface area contributed by atoms with Gasteiger partial charge in [0, 0.05) is 0 Å². The fourth-order valence-corrected chi connectivity index (χ4v) is 4.24. The van der Waals surface area contributed by atoms with E-state index in [0.717, 1.165) is 0 Å². The van der Waals surface area contributed by atoms with Gasteiger partial charge in [-0.2, -0.15) is 16.8 Å². The van der Waals surface area contributed by atoms with Gasteiger partial charge >= 0.3 is 11.9 Å². The highest BCUT2D eigenvalue weighted by Gasteiger charge is 2.61. The minimum atomic E-state index is -5.46. The number of hydrogen-bond acceptors (Lipinski definition) is 11. The molecule has 0 saturated carbocycles. The Balaban J connectivity index is 2.90. The van der Waals surface area contributed by atoms with E-state index in [0.29, 0.717) is 0 Å². The van der Waals surface area contributed by atoms with E-state index in [4.69, 9.17) is 14.2 Å². The van der Waals surface area contributed by atoms with Crippen LogP contribution in [-0.2, 0) is 49.0 Å². The molecular formula is C10H13NO13S2. The summed E-state index contributed by atoms with van der Waals surface area (Å²) in [6.07, 6.45) is -1.35. The van der Waals surface area contributed by atoms with Crippen molar-refractivity contribution in [2.75, 3.05) is 13.2 Å². The molecule has 0 aromatic heterocycles. The van der Waals surface area contributed by atoms with E-state index in [1.807, 2.05) is 0 Å². The Kier molecular flexibility index (Phi) is 6.77. The summed E-state index contributed by atoms with van der Waals surface area (Å²) < 4.78 is 66.9. The van der Waals surface area contributed by atoms with Crippen LogP contribution in [0.4, 0.5) is 0 Å². The second kappa shape index (κ2) is 8.04. The summed E-state index contributed by atoms with van der Waals surface area (Å²) in [5.74, 6) is -6.20. The van der Waals surface area contributed by atoms with Crippen molar-refractivity contribution < 1.29 is 59.8 Å². The van der Waals surface area contributed by atoms with E-state index < -0.39 is 79.0 Å². The molecule has 1 heterocycles. The van der Waals surface area contributed by atoms with Crippen molar-refractivity contribution in [3.05, 3.63) is 0 Å². The van der Waals surface area contributed by atoms with Crippen LogP contribution >= 0.6 is 0 Å². The van der Waals surface area contributed by atoms with Gasteiger partial charge in [-0.1, -0.05) is 5.06 Å². The number of esters is 1. The Bertz CT molecular complexity index is 764. The lowest BCUT2D eigenvalue weighted by Gasteiger charge is -2.12. The van der Waals surface area contributed by atoms with Crippen LogP contribution < -0.4 is 0 Å². The maximum Gasteiger partial charge on any atom is 0.333 e. The van der Waals surface area contributed by atoms with Gasteiger partial charge in [-0.15, -0.1) is 0 Å². The van der Waals surface area contributed by atoms with Gasteiger partial charge in [0.2, 0.25) is 0 Å². The van der Waals surface area contributed by atoms with Gasteiger partial charge in [0.15, 0.2) is 10.5 Å². The van der Waals surface area contributed by atoms with E-state index in [1.165, 1.54) is 0 Å². The minimum Gasteiger partial charge on any atom is -0.463 e. The SMILES string of the molecule is O=C(CCC(=O)ON1C(=O)C(S(=O)(=O)O)C(S(=O)(=O)O)C1=O)OCCO. The van der Waals surface area contributed by atoms with Crippen LogP contribution in [0.15, 0.2) is 0 Å². The molecule has 1 aliphatic rings. The second-order valence-corrected chi connectivity index (χ2v) is 7.82. The predicted molar refractivity (Wildman–Crippen MR) is 75.9 cm³/mol. The van der Waals surface area contributed by atoms with Gasteiger partial charge in [-0.3, -0.25) is 23.5 Å². The first-order valence-corrected chi connectivity index (χ1v) is 9.59. The number of rotatable bonds is 8. The summed E-state index contributed by atoms with van der Waals surface area (Å²) in [5.41, 5.74) is 0. The minimum absolute atomic E-state index is 0.344. The van der Waals surface area contributed by atoms with Gasteiger partial charge in [-0.05, 0) is 0 Å². The Labute approximate surface area is 146 Å². The van der Waals surface area contributed by atoms with Crippen LogP contribution in [0.1, 0.15) is 12.8 Å². The van der Waals surface area contributed by atoms with Gasteiger partial charge < -0.3 is 14.7 Å². The third-order valence-corrected chi connectivity index (χ3v) is 5.29. The molecule has 2 unspecified atom stereocenters. The molecule has 0 bridgehead atoms. The van der Waals surface area contributed by atoms with Crippen molar-refractivity contribution in [3.8, 4) is 0 Å². The molecule has 1 saturated heterocycles. The maximum atomic E-state index is 11.8. The Hall–Kier alpha value is -2.14. The van der Waals surface area contributed by atoms with Gasteiger partial charge in [-0.25, -0.2) is 4.79 Å². The molecule has 0 aromatic carbocycles. The van der Waals surface area contributed by atoms with Crippen LogP contribution in [0.25, 0.3) is 0 Å². The summed E-state index contributed by atoms with van der Waals surface area (Å²) in [5, 5.41) is 2.06. The van der Waals surface area contributed by atoms with Crippen LogP contribution in [-0.4, -0.2) is 83.6 Å². The number of aliphatic hydroxyl groups is 1. The number of aliphatic hydroxyl groups excluding tert-OH is 1. The van der Waals surface area contributed by atoms with E-state index in [9.17, 15) is 36.0 Å². The molecular weight excluding hydrogens is 406 g/mol. The molecule has 16 heteroatoms. The fourth-order valence-electron chi connectivity index (χ4n) is 1.84. The van der Waals surface area contributed by atoms with Crippen LogP contribution in [0.3, 0.4) is 0 Å². The monoisotopic (exact) mass is 419 g/mol. The molecule has 1 fully saturated rings. The lowest BCUT2D eigenvalue weighted by molar-refractivity contribution is -0.197. The molecule has 0 radical (unpaired) electrons. The largest absolute Gasteiger partial charge is 0.463 e. The Morgan fingerprint density at radius 3 is 1.73 bits per heavy atom. The van der Waals surface area contributed by atoms with Crippen molar-refractivity contribution in [1.82, 2.24) is 5.06 Å². The molecule has 2 amide bonds. The molecule has 0 aromatic rings. The van der Waals surface area contributed by atoms with Crippen molar-refractivity contribution in [3.63, 3.8) is 0 Å². The third-order valence-electron chi connectivity index (χ3n) is 2.88. The van der Waals surface area contributed by atoms with Crippen molar-refractivity contribution in [1.29, 1.82) is 0 Å². The molecule has 148 valence electrons. The van der Waals surface area contributed by atoms with Crippen LogP contribution in [0.2, 0.25) is 0 Å². The van der Waals surface area contributed by atoms with E-state index in [1.54, 1.807) is 0 Å². The molecule has 0 spiro atoms. The van der Waals surface area contributed by atoms with Crippen molar-refractivity contribution >= 4 is 44.0 Å². The quantitative estimate of drug-likeness (QED) is 0.199. The fraction of sp³-hybridized carbons (Fsp3) is 0.600. The average molecular weight is 419 g/mol. The average Bonchev–Trinajstić information content (AvgIpc) is 2.75. The molecule has 26 heavy (non-hydrogen) atoms. The smallest absolute Gasteiger partial charge is 0.333 e. The molecule has 1 aliphatic heterocycles. The highest BCUT2D eigenvalue weighted by atomic mass is 32.2. The predicted octanol–water partition coefficient (Wildman–Crippen LogP) is -3.36. The summed E-state index contributed by atoms with van der Waals surface area (Å²) in [4.78, 5) is 50.5. The van der Waals surface area contributed by atoms with Gasteiger partial charge in [0.25, 0.3) is 32.1 Å². The summed E-state index contributed by atoms with van der Waals surface area (Å²) in [7, 11) is -10.9. The van der Waals surface area contributed by atoms with E-state index >= 15 is 0 Å². The number of ether oxygens (including phenoxy) is 1. The highest BCUT2D eigenvalue weighted by Crippen LogP contribution is 2.26.